The lowest BCUT2D eigenvalue weighted by atomic mass is 10.1. The van der Waals surface area contributed by atoms with Gasteiger partial charge in [-0.05, 0) is 38.5 Å². The van der Waals surface area contributed by atoms with Crippen molar-refractivity contribution in [2.75, 3.05) is 7.11 Å². The summed E-state index contributed by atoms with van der Waals surface area (Å²) in [6.07, 6.45) is -0.792. The van der Waals surface area contributed by atoms with E-state index in [9.17, 15) is 14.4 Å². The number of hydrogen-bond acceptors (Lipinski definition) is 6. The zero-order chi connectivity index (χ0) is 19.7. The molecule has 0 bridgehead atoms. The Morgan fingerprint density at radius 1 is 1.11 bits per heavy atom. The summed E-state index contributed by atoms with van der Waals surface area (Å²) in [5.41, 5.74) is 1.61. The third kappa shape index (κ3) is 3.33. The van der Waals surface area contributed by atoms with E-state index >= 15 is 0 Å². The van der Waals surface area contributed by atoms with Crippen molar-refractivity contribution in [2.24, 2.45) is 0 Å². The number of aromatic amines is 2. The van der Waals surface area contributed by atoms with Crippen LogP contribution in [0.3, 0.4) is 0 Å². The molecule has 0 amide bonds. The summed E-state index contributed by atoms with van der Waals surface area (Å²) >= 11 is 0. The van der Waals surface area contributed by atoms with Crippen LogP contribution in [0.5, 0.6) is 0 Å². The molecule has 0 aliphatic heterocycles. The van der Waals surface area contributed by atoms with Crippen molar-refractivity contribution in [3.05, 3.63) is 63.0 Å². The SMILES string of the molecule is COC(=O)c1c(C)[nH]c(C(=O)O[C@@H](C)c2nc3ccccc3c(=O)[nH]2)c1C. The van der Waals surface area contributed by atoms with Gasteiger partial charge in [-0.2, -0.15) is 0 Å². The Balaban J connectivity index is 1.89. The van der Waals surface area contributed by atoms with Crippen LogP contribution in [-0.2, 0) is 9.47 Å². The number of nitrogens with one attached hydrogen (secondary N) is 2. The van der Waals surface area contributed by atoms with Gasteiger partial charge in [-0.3, -0.25) is 4.79 Å². The maximum absolute atomic E-state index is 12.5. The van der Waals surface area contributed by atoms with E-state index in [2.05, 4.69) is 15.0 Å². The van der Waals surface area contributed by atoms with Crippen LogP contribution in [0.4, 0.5) is 0 Å². The molecule has 140 valence electrons. The van der Waals surface area contributed by atoms with E-state index in [-0.39, 0.29) is 17.1 Å². The smallest absolute Gasteiger partial charge is 0.355 e. The molecule has 8 nitrogen and oxygen atoms in total. The third-order valence-electron chi connectivity index (χ3n) is 4.33. The first-order valence-electron chi connectivity index (χ1n) is 8.31. The summed E-state index contributed by atoms with van der Waals surface area (Å²) in [6, 6.07) is 6.90. The quantitative estimate of drug-likeness (QED) is 0.683. The number of esters is 2. The molecule has 0 aliphatic rings. The minimum Gasteiger partial charge on any atom is -0.465 e. The largest absolute Gasteiger partial charge is 0.465 e. The Morgan fingerprint density at radius 3 is 2.52 bits per heavy atom. The van der Waals surface area contributed by atoms with Crippen LogP contribution in [-0.4, -0.2) is 34.0 Å². The predicted octanol–water partition coefficient (Wildman–Crippen LogP) is 2.57. The highest BCUT2D eigenvalue weighted by Gasteiger charge is 2.25. The standard InChI is InChI=1S/C19H19N3O5/c1-9-14(18(24)26-4)10(2)20-15(9)19(25)27-11(3)16-21-13-8-6-5-7-12(13)17(23)22-16/h5-8,11,20H,1-4H3,(H,21,22,23)/t11-/m0/s1. The van der Waals surface area contributed by atoms with Crippen molar-refractivity contribution in [3.63, 3.8) is 0 Å². The maximum atomic E-state index is 12.5. The van der Waals surface area contributed by atoms with Crippen LogP contribution in [0.1, 0.15) is 51.0 Å². The van der Waals surface area contributed by atoms with Crippen LogP contribution >= 0.6 is 0 Å². The molecule has 0 unspecified atom stereocenters. The van der Waals surface area contributed by atoms with Gasteiger partial charge in [0.2, 0.25) is 0 Å². The average Bonchev–Trinajstić information content (AvgIpc) is 2.95. The van der Waals surface area contributed by atoms with Crippen molar-refractivity contribution in [1.29, 1.82) is 0 Å². The molecule has 2 heterocycles. The first kappa shape index (κ1) is 18.4. The minimum atomic E-state index is -0.792. The molecule has 8 heteroatoms. The number of aromatic nitrogens is 3. The second-order valence-corrected chi connectivity index (χ2v) is 6.13. The molecule has 0 saturated heterocycles. The van der Waals surface area contributed by atoms with Gasteiger partial charge >= 0.3 is 11.9 Å². The highest BCUT2D eigenvalue weighted by Crippen LogP contribution is 2.22. The monoisotopic (exact) mass is 369 g/mol. The van der Waals surface area contributed by atoms with E-state index in [1.807, 2.05) is 0 Å². The van der Waals surface area contributed by atoms with Gasteiger partial charge in [-0.1, -0.05) is 12.1 Å². The maximum Gasteiger partial charge on any atom is 0.355 e. The number of carbonyl (C=O) groups is 2. The van der Waals surface area contributed by atoms with Crippen LogP contribution in [0.2, 0.25) is 0 Å². The van der Waals surface area contributed by atoms with Crippen molar-refractivity contribution in [3.8, 4) is 0 Å². The van der Waals surface area contributed by atoms with E-state index < -0.39 is 18.0 Å². The Morgan fingerprint density at radius 2 is 1.81 bits per heavy atom. The second kappa shape index (κ2) is 7.06. The van der Waals surface area contributed by atoms with Gasteiger partial charge in [0.25, 0.3) is 5.56 Å². The van der Waals surface area contributed by atoms with Gasteiger partial charge in [0.05, 0.1) is 23.6 Å². The Hall–Kier alpha value is -3.42. The Kier molecular flexibility index (Phi) is 4.81. The number of carbonyl (C=O) groups excluding carboxylic acids is 2. The van der Waals surface area contributed by atoms with Crippen molar-refractivity contribution >= 4 is 22.8 Å². The fourth-order valence-corrected chi connectivity index (χ4v) is 2.93. The predicted molar refractivity (Wildman–Crippen MR) is 97.8 cm³/mol. The summed E-state index contributed by atoms with van der Waals surface area (Å²) in [5.74, 6) is -0.955. The highest BCUT2D eigenvalue weighted by atomic mass is 16.5. The fourth-order valence-electron chi connectivity index (χ4n) is 2.93. The highest BCUT2D eigenvalue weighted by molar-refractivity contribution is 5.98. The molecule has 3 aromatic rings. The van der Waals surface area contributed by atoms with E-state index in [1.165, 1.54) is 7.11 Å². The van der Waals surface area contributed by atoms with E-state index in [1.54, 1.807) is 45.0 Å². The van der Waals surface area contributed by atoms with Crippen LogP contribution in [0.15, 0.2) is 29.1 Å². The zero-order valence-electron chi connectivity index (χ0n) is 15.4. The van der Waals surface area contributed by atoms with Gasteiger partial charge < -0.3 is 19.4 Å². The van der Waals surface area contributed by atoms with E-state index in [0.717, 1.165) is 0 Å². The Labute approximate surface area is 154 Å². The molecule has 0 saturated carbocycles. The first-order valence-corrected chi connectivity index (χ1v) is 8.31. The van der Waals surface area contributed by atoms with Gasteiger partial charge in [-0.15, -0.1) is 0 Å². The molecule has 3 rings (SSSR count). The molecule has 0 aliphatic carbocycles. The molecule has 1 aromatic carbocycles. The summed E-state index contributed by atoms with van der Waals surface area (Å²) < 4.78 is 10.2. The summed E-state index contributed by atoms with van der Waals surface area (Å²) in [6.45, 7) is 4.91. The number of H-pyrrole nitrogens is 2. The van der Waals surface area contributed by atoms with Crippen molar-refractivity contribution in [2.45, 2.75) is 26.9 Å². The van der Waals surface area contributed by atoms with Crippen molar-refractivity contribution < 1.29 is 19.1 Å². The van der Waals surface area contributed by atoms with Crippen LogP contribution in [0, 0.1) is 13.8 Å². The molecule has 2 N–H and O–H groups in total. The number of nitrogens with zero attached hydrogens (tertiary/aromatic N) is 1. The lowest BCUT2D eigenvalue weighted by Crippen LogP contribution is -2.18. The zero-order valence-corrected chi connectivity index (χ0v) is 15.4. The first-order chi connectivity index (χ1) is 12.8. The lowest BCUT2D eigenvalue weighted by molar-refractivity contribution is 0.0312. The Bertz CT molecular complexity index is 1100. The number of aryl methyl sites for hydroxylation is 1. The number of para-hydroxylation sites is 1. The number of ether oxygens (including phenoxy) is 2. The van der Waals surface area contributed by atoms with Gasteiger partial charge in [-0.25, -0.2) is 14.6 Å². The van der Waals surface area contributed by atoms with Crippen LogP contribution < -0.4 is 5.56 Å². The molecular weight excluding hydrogens is 350 g/mol. The summed E-state index contributed by atoms with van der Waals surface area (Å²) in [4.78, 5) is 46.4. The third-order valence-corrected chi connectivity index (χ3v) is 4.33. The molecule has 27 heavy (non-hydrogen) atoms. The number of rotatable bonds is 4. The van der Waals surface area contributed by atoms with Gasteiger partial charge in [0.1, 0.15) is 5.69 Å². The van der Waals surface area contributed by atoms with Gasteiger partial charge in [0, 0.05) is 5.69 Å². The molecular formula is C19H19N3O5. The molecule has 0 fully saturated rings. The number of hydrogen-bond donors (Lipinski definition) is 2. The lowest BCUT2D eigenvalue weighted by Gasteiger charge is -2.13. The van der Waals surface area contributed by atoms with Crippen LogP contribution in [0.25, 0.3) is 10.9 Å². The number of fused-ring (bicyclic) bond motifs is 1. The minimum absolute atomic E-state index is 0.155. The normalized spacial score (nSPS) is 12.0. The fraction of sp³-hybridized carbons (Fsp3) is 0.263. The molecule has 0 spiro atoms. The van der Waals surface area contributed by atoms with E-state index in [0.29, 0.717) is 27.7 Å². The second-order valence-electron chi connectivity index (χ2n) is 6.13. The molecule has 1 atom stereocenters. The number of benzene rings is 1. The topological polar surface area (TPSA) is 114 Å². The summed E-state index contributed by atoms with van der Waals surface area (Å²) in [7, 11) is 1.27. The van der Waals surface area contributed by atoms with Gasteiger partial charge in [0.15, 0.2) is 11.9 Å². The average molecular weight is 369 g/mol. The van der Waals surface area contributed by atoms with E-state index in [4.69, 9.17) is 9.47 Å². The summed E-state index contributed by atoms with van der Waals surface area (Å²) in [5, 5.41) is 0.457. The molecule has 2 aromatic heterocycles. The molecule has 0 radical (unpaired) electrons. The van der Waals surface area contributed by atoms with Crippen molar-refractivity contribution in [1.82, 2.24) is 15.0 Å². The number of methoxy groups -OCH3 is 1.